The molecule has 0 atom stereocenters. The minimum Gasteiger partial charge on any atom is -0.481 e. The molecule has 6 heteroatoms. The molecule has 0 fully saturated rings. The zero-order valence-electron chi connectivity index (χ0n) is 12.0. The molecule has 0 saturated heterocycles. The van der Waals surface area contributed by atoms with Crippen molar-refractivity contribution in [3.05, 3.63) is 0 Å². The minimum absolute atomic E-state index is 0. The first-order valence-electron chi connectivity index (χ1n) is 4.99. The number of carboxylic acids is 1. The van der Waals surface area contributed by atoms with Crippen molar-refractivity contribution in [2.75, 3.05) is 0 Å². The SMILES string of the molecule is CCCCCCCCCC(=O)O.[Na].[Na].[Na].[Na]. The number of unbranched alkanes of at least 4 members (excludes halogenated alkanes) is 6. The molecule has 0 aromatic heterocycles. The Morgan fingerprint density at radius 1 is 0.812 bits per heavy atom. The van der Waals surface area contributed by atoms with E-state index in [4.69, 9.17) is 5.11 Å². The van der Waals surface area contributed by atoms with E-state index in [0.29, 0.717) is 6.42 Å². The molecule has 76 valence electrons. The second-order valence-electron chi connectivity index (χ2n) is 3.27. The van der Waals surface area contributed by atoms with Crippen LogP contribution in [0.5, 0.6) is 0 Å². The Kier molecular flexibility index (Phi) is 53.4. The quantitative estimate of drug-likeness (QED) is 0.535. The van der Waals surface area contributed by atoms with Crippen molar-refractivity contribution in [1.82, 2.24) is 0 Å². The van der Waals surface area contributed by atoms with Crippen LogP contribution in [0.15, 0.2) is 0 Å². The van der Waals surface area contributed by atoms with Crippen LogP contribution in [0.25, 0.3) is 0 Å². The van der Waals surface area contributed by atoms with Crippen LogP contribution in [-0.2, 0) is 4.79 Å². The molecule has 0 bridgehead atoms. The normalized spacial score (nSPS) is 7.56. The Bertz CT molecular complexity index is 123. The molecule has 0 spiro atoms. The van der Waals surface area contributed by atoms with E-state index in [2.05, 4.69) is 6.92 Å². The third-order valence-electron chi connectivity index (χ3n) is 1.99. The first-order valence-corrected chi connectivity index (χ1v) is 4.99. The zero-order valence-corrected chi connectivity index (χ0v) is 20.0. The van der Waals surface area contributed by atoms with Crippen molar-refractivity contribution >= 4 is 124 Å². The Morgan fingerprint density at radius 2 is 1.19 bits per heavy atom. The standard InChI is InChI=1S/C10H20O2.4Na/c1-2-3-4-5-6-7-8-9-10(11)12;;;;/h2-9H2,1H3,(H,11,12);;;;. The van der Waals surface area contributed by atoms with Gasteiger partial charge in [-0.2, -0.15) is 0 Å². The summed E-state index contributed by atoms with van der Waals surface area (Å²) in [6, 6.07) is 0. The molecule has 0 aliphatic carbocycles. The van der Waals surface area contributed by atoms with Gasteiger partial charge in [0, 0.05) is 125 Å². The van der Waals surface area contributed by atoms with Gasteiger partial charge in [0.15, 0.2) is 0 Å². The van der Waals surface area contributed by atoms with E-state index >= 15 is 0 Å². The number of aliphatic carboxylic acids is 1. The first kappa shape index (κ1) is 31.7. The fourth-order valence-electron chi connectivity index (χ4n) is 1.23. The van der Waals surface area contributed by atoms with Crippen molar-refractivity contribution in [3.63, 3.8) is 0 Å². The van der Waals surface area contributed by atoms with Gasteiger partial charge in [0.2, 0.25) is 0 Å². The van der Waals surface area contributed by atoms with Gasteiger partial charge in [0.25, 0.3) is 0 Å². The Balaban J connectivity index is -0.000000101. The van der Waals surface area contributed by atoms with Gasteiger partial charge in [0.05, 0.1) is 0 Å². The van der Waals surface area contributed by atoms with E-state index in [-0.39, 0.29) is 118 Å². The van der Waals surface area contributed by atoms with E-state index < -0.39 is 5.97 Å². The molecule has 0 saturated carbocycles. The van der Waals surface area contributed by atoms with Gasteiger partial charge >= 0.3 is 5.97 Å². The van der Waals surface area contributed by atoms with Crippen molar-refractivity contribution < 1.29 is 9.90 Å². The number of hydrogen-bond donors (Lipinski definition) is 1. The summed E-state index contributed by atoms with van der Waals surface area (Å²) in [5.74, 6) is -0.663. The zero-order chi connectivity index (χ0) is 9.23. The van der Waals surface area contributed by atoms with Gasteiger partial charge in [-0.1, -0.05) is 45.4 Å². The second-order valence-corrected chi connectivity index (χ2v) is 3.27. The van der Waals surface area contributed by atoms with Crippen molar-refractivity contribution in [1.29, 1.82) is 0 Å². The van der Waals surface area contributed by atoms with Crippen LogP contribution < -0.4 is 0 Å². The van der Waals surface area contributed by atoms with Crippen LogP contribution in [0.3, 0.4) is 0 Å². The van der Waals surface area contributed by atoms with Crippen LogP contribution in [-0.4, -0.2) is 129 Å². The number of carbonyl (C=O) groups is 1. The fourth-order valence-corrected chi connectivity index (χ4v) is 1.23. The monoisotopic (exact) mass is 264 g/mol. The largest absolute Gasteiger partial charge is 0.481 e. The van der Waals surface area contributed by atoms with Crippen LogP contribution in [0.1, 0.15) is 58.3 Å². The summed E-state index contributed by atoms with van der Waals surface area (Å²) in [5, 5.41) is 8.35. The Morgan fingerprint density at radius 3 is 1.56 bits per heavy atom. The minimum atomic E-state index is -0.663. The van der Waals surface area contributed by atoms with Gasteiger partial charge in [-0.3, -0.25) is 4.79 Å². The van der Waals surface area contributed by atoms with E-state index in [1.54, 1.807) is 0 Å². The third-order valence-corrected chi connectivity index (χ3v) is 1.99. The molecule has 0 aliphatic heterocycles. The molecule has 0 aliphatic rings. The van der Waals surface area contributed by atoms with Crippen LogP contribution >= 0.6 is 0 Å². The van der Waals surface area contributed by atoms with Gasteiger partial charge in [-0.05, 0) is 6.42 Å². The summed E-state index contributed by atoms with van der Waals surface area (Å²) in [7, 11) is 0. The maximum atomic E-state index is 10.1. The molecule has 1 N–H and O–H groups in total. The average Bonchev–Trinajstić information content (AvgIpc) is 2.02. The maximum absolute atomic E-state index is 10.1. The summed E-state index contributed by atoms with van der Waals surface area (Å²) in [4.78, 5) is 10.1. The van der Waals surface area contributed by atoms with E-state index in [1.165, 1.54) is 32.1 Å². The number of hydrogen-bond acceptors (Lipinski definition) is 1. The second kappa shape index (κ2) is 26.9. The summed E-state index contributed by atoms with van der Waals surface area (Å²) >= 11 is 0. The van der Waals surface area contributed by atoms with Crippen molar-refractivity contribution in [2.24, 2.45) is 0 Å². The van der Waals surface area contributed by atoms with Crippen LogP contribution in [0.2, 0.25) is 0 Å². The average molecular weight is 264 g/mol. The van der Waals surface area contributed by atoms with Gasteiger partial charge in [-0.15, -0.1) is 0 Å². The van der Waals surface area contributed by atoms with Gasteiger partial charge < -0.3 is 5.11 Å². The molecule has 2 nitrogen and oxygen atoms in total. The predicted octanol–water partition coefficient (Wildman–Crippen LogP) is 1.69. The molecular weight excluding hydrogens is 244 g/mol. The predicted molar refractivity (Wildman–Crippen MR) is 73.3 cm³/mol. The molecule has 0 amide bonds. The summed E-state index contributed by atoms with van der Waals surface area (Å²) in [6.07, 6.45) is 8.64. The number of carboxylic acid groups (broad SMARTS) is 1. The van der Waals surface area contributed by atoms with Crippen LogP contribution in [0, 0.1) is 0 Å². The Labute approximate surface area is 189 Å². The molecule has 0 rings (SSSR count). The molecule has 4 radical (unpaired) electrons. The van der Waals surface area contributed by atoms with Gasteiger partial charge in [0.1, 0.15) is 0 Å². The van der Waals surface area contributed by atoms with E-state index in [9.17, 15) is 4.79 Å². The smallest absolute Gasteiger partial charge is 0.303 e. The fraction of sp³-hybridized carbons (Fsp3) is 0.900. The number of rotatable bonds is 8. The topological polar surface area (TPSA) is 37.3 Å². The van der Waals surface area contributed by atoms with Crippen LogP contribution in [0.4, 0.5) is 0 Å². The summed E-state index contributed by atoms with van der Waals surface area (Å²) < 4.78 is 0. The molecular formula is C10H20Na4O2. The molecule has 0 aromatic carbocycles. The van der Waals surface area contributed by atoms with Crippen molar-refractivity contribution in [3.8, 4) is 0 Å². The third kappa shape index (κ3) is 30.5. The van der Waals surface area contributed by atoms with E-state index in [1.807, 2.05) is 0 Å². The van der Waals surface area contributed by atoms with Gasteiger partial charge in [-0.25, -0.2) is 0 Å². The van der Waals surface area contributed by atoms with E-state index in [0.717, 1.165) is 12.8 Å². The summed E-state index contributed by atoms with van der Waals surface area (Å²) in [6.45, 7) is 2.20. The summed E-state index contributed by atoms with van der Waals surface area (Å²) in [5.41, 5.74) is 0. The molecule has 0 aromatic rings. The van der Waals surface area contributed by atoms with Crippen molar-refractivity contribution in [2.45, 2.75) is 58.3 Å². The molecule has 0 heterocycles. The first-order chi connectivity index (χ1) is 5.77. The Hall–Kier alpha value is 3.47. The maximum Gasteiger partial charge on any atom is 0.303 e. The molecule has 0 unspecified atom stereocenters. The molecule has 16 heavy (non-hydrogen) atoms.